The number of anilines is 1. The highest BCUT2D eigenvalue weighted by atomic mass is 35.5. The molecule has 0 unspecified atom stereocenters. The number of sulfonamides is 1. The molecule has 0 N–H and O–H groups in total. The molecule has 1 aromatic heterocycles. The third kappa shape index (κ3) is 6.06. The first-order valence-corrected chi connectivity index (χ1v) is 15.3. The number of aromatic nitrogens is 1. The number of para-hydroxylation sites is 1. The fourth-order valence-corrected chi connectivity index (χ4v) is 7.26. The number of hydrogen-bond acceptors (Lipinski definition) is 6. The van der Waals surface area contributed by atoms with Crippen molar-refractivity contribution >= 4 is 55.0 Å². The molecule has 0 bridgehead atoms. The van der Waals surface area contributed by atoms with Gasteiger partial charge in [0.05, 0.1) is 9.60 Å². The predicted octanol–water partition coefficient (Wildman–Crippen LogP) is 5.59. The van der Waals surface area contributed by atoms with Crippen LogP contribution in [0, 0.1) is 5.82 Å². The first-order valence-electron chi connectivity index (χ1n) is 13.1. The zero-order valence-electron chi connectivity index (χ0n) is 22.4. The molecule has 1 aliphatic rings. The Morgan fingerprint density at radius 1 is 0.975 bits per heavy atom. The van der Waals surface area contributed by atoms with Gasteiger partial charge in [-0.25, -0.2) is 17.8 Å². The van der Waals surface area contributed by atoms with Crippen molar-refractivity contribution in [2.45, 2.75) is 31.7 Å². The lowest BCUT2D eigenvalue weighted by molar-refractivity contribution is 0.0983. The number of fused-ring (bicyclic) bond motifs is 2. The molecule has 0 atom stereocenters. The average Bonchev–Trinajstić information content (AvgIpc) is 3.40. The van der Waals surface area contributed by atoms with Gasteiger partial charge in [-0.05, 0) is 67.0 Å². The Kier molecular flexibility index (Phi) is 9.58. The van der Waals surface area contributed by atoms with E-state index in [-0.39, 0.29) is 28.7 Å². The van der Waals surface area contributed by atoms with Crippen molar-refractivity contribution in [2.24, 2.45) is 0 Å². The van der Waals surface area contributed by atoms with Crippen LogP contribution in [0.15, 0.2) is 71.6 Å². The number of benzene rings is 3. The van der Waals surface area contributed by atoms with E-state index in [9.17, 15) is 17.6 Å². The first kappa shape index (κ1) is 30.1. The number of nitrogens with zero attached hydrogens (tertiary/aromatic N) is 4. The normalized spacial score (nSPS) is 13.7. The summed E-state index contributed by atoms with van der Waals surface area (Å²) in [6.45, 7) is 7.52. The Bertz CT molecular complexity index is 1590. The van der Waals surface area contributed by atoms with Crippen molar-refractivity contribution in [1.82, 2.24) is 14.2 Å². The monoisotopic (exact) mass is 602 g/mol. The summed E-state index contributed by atoms with van der Waals surface area (Å²) in [7, 11) is -3.72. The first-order chi connectivity index (χ1) is 18.8. The molecule has 1 amide bonds. The minimum atomic E-state index is -3.72. The average molecular weight is 603 g/mol. The Morgan fingerprint density at radius 3 is 2.35 bits per heavy atom. The molecule has 2 heterocycles. The smallest absolute Gasteiger partial charge is 0.260 e. The number of rotatable bonds is 9. The van der Waals surface area contributed by atoms with Gasteiger partial charge >= 0.3 is 0 Å². The fraction of sp³-hybridized carbons (Fsp3) is 0.310. The number of thiazole rings is 1. The van der Waals surface area contributed by atoms with E-state index in [1.807, 2.05) is 24.3 Å². The number of amides is 1. The second kappa shape index (κ2) is 12.7. The minimum Gasteiger partial charge on any atom is -0.302 e. The largest absolute Gasteiger partial charge is 0.302 e. The molecule has 212 valence electrons. The number of likely N-dealkylation sites (N-methyl/N-ethyl adjacent to an activating group) is 1. The highest BCUT2D eigenvalue weighted by Crippen LogP contribution is 2.31. The van der Waals surface area contributed by atoms with Crippen LogP contribution < -0.4 is 4.90 Å². The van der Waals surface area contributed by atoms with E-state index in [2.05, 4.69) is 23.7 Å². The Labute approximate surface area is 244 Å². The molecule has 0 fully saturated rings. The van der Waals surface area contributed by atoms with E-state index in [0.29, 0.717) is 48.0 Å². The summed E-state index contributed by atoms with van der Waals surface area (Å²) in [6.07, 6.45) is 0.663. The van der Waals surface area contributed by atoms with E-state index in [4.69, 9.17) is 0 Å². The number of carbonyl (C=O) groups excluding carboxylic acids is 1. The molecular weight excluding hydrogens is 571 g/mol. The van der Waals surface area contributed by atoms with Gasteiger partial charge in [-0.15, -0.1) is 12.4 Å². The van der Waals surface area contributed by atoms with Crippen molar-refractivity contribution in [3.63, 3.8) is 0 Å². The fourth-order valence-electron chi connectivity index (χ4n) is 4.83. The molecule has 0 saturated carbocycles. The standard InChI is InChI=1S/C29H31FN4O3S2.ClH/c1-3-32(4-2)18-19-34(29-31-27-25(30)10-7-11-26(27)38-29)28(35)22-12-14-24(15-13-22)39(36,37)33-17-16-21-8-5-6-9-23(21)20-33;/h5-15H,3-4,16-20H2,1-2H3;1H. The van der Waals surface area contributed by atoms with Gasteiger partial charge in [0.15, 0.2) is 5.13 Å². The summed E-state index contributed by atoms with van der Waals surface area (Å²) in [5, 5.41) is 0.413. The van der Waals surface area contributed by atoms with Crippen molar-refractivity contribution in [3.8, 4) is 0 Å². The summed E-state index contributed by atoms with van der Waals surface area (Å²) >= 11 is 1.26. The minimum absolute atomic E-state index is 0. The van der Waals surface area contributed by atoms with Gasteiger partial charge in [0, 0.05) is 31.7 Å². The zero-order chi connectivity index (χ0) is 27.6. The van der Waals surface area contributed by atoms with E-state index >= 15 is 0 Å². The quantitative estimate of drug-likeness (QED) is 0.250. The third-order valence-electron chi connectivity index (χ3n) is 7.20. The lowest BCUT2D eigenvalue weighted by Gasteiger charge is -2.28. The number of hydrogen-bond donors (Lipinski definition) is 0. The summed E-state index contributed by atoms with van der Waals surface area (Å²) < 4.78 is 43.3. The maximum Gasteiger partial charge on any atom is 0.260 e. The van der Waals surface area contributed by atoms with E-state index in [0.717, 1.165) is 18.7 Å². The molecule has 0 radical (unpaired) electrons. The molecule has 5 rings (SSSR count). The molecule has 40 heavy (non-hydrogen) atoms. The molecule has 3 aromatic carbocycles. The molecular formula is C29H32ClFN4O3S2. The van der Waals surface area contributed by atoms with Crippen LogP contribution in [-0.2, 0) is 23.0 Å². The summed E-state index contributed by atoms with van der Waals surface area (Å²) in [4.78, 5) is 22.1. The Morgan fingerprint density at radius 2 is 1.68 bits per heavy atom. The van der Waals surface area contributed by atoms with E-state index in [1.54, 1.807) is 29.2 Å². The summed E-state index contributed by atoms with van der Waals surface area (Å²) in [5.41, 5.74) is 2.76. The SMILES string of the molecule is CCN(CC)CCN(C(=O)c1ccc(S(=O)(=O)N2CCc3ccccc3C2)cc1)c1nc2c(F)cccc2s1.Cl. The van der Waals surface area contributed by atoms with Crippen molar-refractivity contribution < 1.29 is 17.6 Å². The maximum atomic E-state index is 14.4. The number of halogens is 2. The highest BCUT2D eigenvalue weighted by Gasteiger charge is 2.29. The highest BCUT2D eigenvalue weighted by molar-refractivity contribution is 7.89. The lowest BCUT2D eigenvalue weighted by atomic mass is 10.0. The van der Waals surface area contributed by atoms with Crippen LogP contribution in [0.1, 0.15) is 35.3 Å². The van der Waals surface area contributed by atoms with Gasteiger partial charge in [0.25, 0.3) is 5.91 Å². The summed E-state index contributed by atoms with van der Waals surface area (Å²) in [6, 6.07) is 18.7. The van der Waals surface area contributed by atoms with Gasteiger partial charge in [0.2, 0.25) is 10.0 Å². The second-order valence-corrected chi connectivity index (χ2v) is 12.4. The molecule has 0 saturated heterocycles. The van der Waals surface area contributed by atoms with Crippen LogP contribution in [-0.4, -0.2) is 61.2 Å². The molecule has 0 spiro atoms. The summed E-state index contributed by atoms with van der Waals surface area (Å²) in [5.74, 6) is -0.737. The zero-order valence-corrected chi connectivity index (χ0v) is 24.9. The van der Waals surface area contributed by atoms with Gasteiger partial charge in [0.1, 0.15) is 11.3 Å². The lowest BCUT2D eigenvalue weighted by Crippen LogP contribution is -2.39. The van der Waals surface area contributed by atoms with Crippen LogP contribution in [0.2, 0.25) is 0 Å². The van der Waals surface area contributed by atoms with Crippen LogP contribution in [0.25, 0.3) is 10.2 Å². The molecule has 7 nitrogen and oxygen atoms in total. The number of carbonyl (C=O) groups is 1. The van der Waals surface area contributed by atoms with E-state index < -0.39 is 15.8 Å². The molecule has 1 aliphatic heterocycles. The van der Waals surface area contributed by atoms with Crippen LogP contribution in [0.4, 0.5) is 9.52 Å². The van der Waals surface area contributed by atoms with Gasteiger partial charge in [-0.2, -0.15) is 4.31 Å². The van der Waals surface area contributed by atoms with Gasteiger partial charge in [-0.3, -0.25) is 9.69 Å². The van der Waals surface area contributed by atoms with Gasteiger partial charge < -0.3 is 4.90 Å². The van der Waals surface area contributed by atoms with Gasteiger partial charge in [-0.1, -0.05) is 55.5 Å². The third-order valence-corrected chi connectivity index (χ3v) is 10.1. The molecule has 11 heteroatoms. The van der Waals surface area contributed by atoms with E-state index in [1.165, 1.54) is 39.4 Å². The molecule has 4 aromatic rings. The van der Waals surface area contributed by atoms with Crippen molar-refractivity contribution in [3.05, 3.63) is 89.2 Å². The molecule has 0 aliphatic carbocycles. The van der Waals surface area contributed by atoms with Crippen LogP contribution in [0.3, 0.4) is 0 Å². The predicted molar refractivity (Wildman–Crippen MR) is 160 cm³/mol. The van der Waals surface area contributed by atoms with Crippen LogP contribution in [0.5, 0.6) is 0 Å². The Hall–Kier alpha value is -2.89. The van der Waals surface area contributed by atoms with Crippen molar-refractivity contribution in [1.29, 1.82) is 0 Å². The van der Waals surface area contributed by atoms with Crippen LogP contribution >= 0.6 is 23.7 Å². The van der Waals surface area contributed by atoms with Crippen molar-refractivity contribution in [2.75, 3.05) is 37.6 Å². The maximum absolute atomic E-state index is 14.4. The Balaban J connectivity index is 0.00000370. The second-order valence-electron chi connectivity index (χ2n) is 9.45. The topological polar surface area (TPSA) is 73.8 Å².